The smallest absolute Gasteiger partial charge is 0.271 e. The fourth-order valence-electron chi connectivity index (χ4n) is 1.78. The van der Waals surface area contributed by atoms with Gasteiger partial charge >= 0.3 is 0 Å². The quantitative estimate of drug-likeness (QED) is 0.884. The number of nitrogens with zero attached hydrogens (tertiary/aromatic N) is 1. The maximum atomic E-state index is 12.2. The number of rotatable bonds is 4. The van der Waals surface area contributed by atoms with Crippen LogP contribution in [0.3, 0.4) is 0 Å². The maximum absolute atomic E-state index is 12.2. The van der Waals surface area contributed by atoms with Crippen molar-refractivity contribution in [1.29, 1.82) is 0 Å². The van der Waals surface area contributed by atoms with Crippen LogP contribution in [0.1, 0.15) is 47.0 Å². The van der Waals surface area contributed by atoms with E-state index in [-0.39, 0.29) is 18.0 Å². The molecule has 0 saturated heterocycles. The second kappa shape index (κ2) is 6.47. The van der Waals surface area contributed by atoms with E-state index in [0.717, 1.165) is 15.0 Å². The van der Waals surface area contributed by atoms with Crippen LogP contribution in [0.15, 0.2) is 34.1 Å². The molecule has 106 valence electrons. The Morgan fingerprint density at radius 3 is 2.70 bits per heavy atom. The number of carbonyl (C=O) groups excluding carboxylic acids is 1. The zero-order valence-electron chi connectivity index (χ0n) is 11.3. The van der Waals surface area contributed by atoms with Crippen molar-refractivity contribution in [2.45, 2.75) is 25.9 Å². The second-order valence-electron chi connectivity index (χ2n) is 4.58. The predicted octanol–water partition coefficient (Wildman–Crippen LogP) is 3.42. The highest BCUT2D eigenvalue weighted by atomic mass is 79.9. The van der Waals surface area contributed by atoms with Crippen molar-refractivity contribution in [2.75, 3.05) is 0 Å². The molecule has 0 aliphatic heterocycles. The van der Waals surface area contributed by atoms with E-state index in [9.17, 15) is 4.79 Å². The summed E-state index contributed by atoms with van der Waals surface area (Å²) in [6, 6.07) is 7.57. The van der Waals surface area contributed by atoms with Crippen molar-refractivity contribution < 1.29 is 4.79 Å². The van der Waals surface area contributed by atoms with Crippen LogP contribution in [-0.2, 0) is 0 Å². The van der Waals surface area contributed by atoms with Gasteiger partial charge in [-0.2, -0.15) is 0 Å². The summed E-state index contributed by atoms with van der Waals surface area (Å²) in [4.78, 5) is 16.4. The Balaban J connectivity index is 2.09. The number of thiazole rings is 1. The predicted molar refractivity (Wildman–Crippen MR) is 84.7 cm³/mol. The molecule has 20 heavy (non-hydrogen) atoms. The van der Waals surface area contributed by atoms with E-state index in [0.29, 0.717) is 5.69 Å². The number of hydrogen-bond acceptors (Lipinski definition) is 4. The van der Waals surface area contributed by atoms with Crippen LogP contribution < -0.4 is 11.1 Å². The number of hydrogen-bond donors (Lipinski definition) is 2. The molecule has 6 heteroatoms. The zero-order chi connectivity index (χ0) is 14.7. The summed E-state index contributed by atoms with van der Waals surface area (Å²) in [6.07, 6.45) is 0. The van der Waals surface area contributed by atoms with Crippen molar-refractivity contribution in [3.63, 3.8) is 0 Å². The normalized spacial score (nSPS) is 13.8. The lowest BCUT2D eigenvalue weighted by atomic mass is 10.1. The first-order chi connectivity index (χ1) is 9.49. The molecule has 0 spiro atoms. The molecule has 0 fully saturated rings. The van der Waals surface area contributed by atoms with Crippen LogP contribution >= 0.6 is 27.3 Å². The highest BCUT2D eigenvalue weighted by Gasteiger charge is 2.16. The molecule has 0 aliphatic carbocycles. The third-order valence-electron chi connectivity index (χ3n) is 2.86. The van der Waals surface area contributed by atoms with Gasteiger partial charge in [0.15, 0.2) is 0 Å². The van der Waals surface area contributed by atoms with Crippen LogP contribution in [0.2, 0.25) is 0 Å². The van der Waals surface area contributed by atoms with E-state index in [1.54, 1.807) is 5.38 Å². The summed E-state index contributed by atoms with van der Waals surface area (Å²) in [5, 5.41) is 5.44. The summed E-state index contributed by atoms with van der Waals surface area (Å²) in [6.45, 7) is 3.79. The number of halogens is 1. The van der Waals surface area contributed by atoms with Crippen molar-refractivity contribution in [3.05, 3.63) is 50.4 Å². The Bertz CT molecular complexity index is 612. The summed E-state index contributed by atoms with van der Waals surface area (Å²) in [7, 11) is 0. The van der Waals surface area contributed by atoms with Gasteiger partial charge in [-0.3, -0.25) is 4.79 Å². The van der Waals surface area contributed by atoms with Gasteiger partial charge < -0.3 is 11.1 Å². The highest BCUT2D eigenvalue weighted by molar-refractivity contribution is 9.10. The molecule has 0 bridgehead atoms. The molecule has 0 saturated carbocycles. The van der Waals surface area contributed by atoms with Gasteiger partial charge in [0.05, 0.1) is 12.1 Å². The van der Waals surface area contributed by atoms with Gasteiger partial charge in [0.25, 0.3) is 5.91 Å². The van der Waals surface area contributed by atoms with Gasteiger partial charge in [-0.25, -0.2) is 4.98 Å². The number of aromatic nitrogens is 1. The number of amides is 1. The number of nitrogens with two attached hydrogens (primary N) is 1. The highest BCUT2D eigenvalue weighted by Crippen LogP contribution is 2.23. The Hall–Kier alpha value is -1.24. The summed E-state index contributed by atoms with van der Waals surface area (Å²) in [5.41, 5.74) is 7.20. The van der Waals surface area contributed by atoms with E-state index >= 15 is 0 Å². The molecule has 2 atom stereocenters. The van der Waals surface area contributed by atoms with Crippen molar-refractivity contribution in [2.24, 2.45) is 5.73 Å². The molecule has 2 aromatic rings. The van der Waals surface area contributed by atoms with Crippen LogP contribution in [-0.4, -0.2) is 10.9 Å². The van der Waals surface area contributed by atoms with Crippen molar-refractivity contribution in [1.82, 2.24) is 10.3 Å². The van der Waals surface area contributed by atoms with Crippen LogP contribution in [0.4, 0.5) is 0 Å². The third kappa shape index (κ3) is 3.45. The molecular weight excluding hydrogens is 338 g/mol. The molecule has 0 radical (unpaired) electrons. The summed E-state index contributed by atoms with van der Waals surface area (Å²) >= 11 is 4.89. The largest absolute Gasteiger partial charge is 0.344 e. The SMILES string of the molecule is CC(N)c1nc(C(=O)N[C@H](C)c2ccccc2Br)cs1. The molecule has 3 N–H and O–H groups in total. The zero-order valence-corrected chi connectivity index (χ0v) is 13.7. The van der Waals surface area contributed by atoms with Gasteiger partial charge in [-0.15, -0.1) is 11.3 Å². The van der Waals surface area contributed by atoms with Gasteiger partial charge in [0, 0.05) is 9.85 Å². The first-order valence-electron chi connectivity index (χ1n) is 6.25. The molecule has 1 unspecified atom stereocenters. The lowest BCUT2D eigenvalue weighted by Gasteiger charge is -2.15. The molecule has 1 amide bonds. The van der Waals surface area contributed by atoms with Crippen LogP contribution in [0, 0.1) is 0 Å². The van der Waals surface area contributed by atoms with E-state index in [4.69, 9.17) is 5.73 Å². The molecule has 1 aromatic carbocycles. The standard InChI is InChI=1S/C14H16BrN3OS/c1-8(16)14-18-12(7-20-14)13(19)17-9(2)10-5-3-4-6-11(10)15/h3-9H,16H2,1-2H3,(H,17,19)/t8?,9-/m1/s1. The fourth-order valence-corrected chi connectivity index (χ4v) is 3.16. The van der Waals surface area contributed by atoms with Gasteiger partial charge in [-0.05, 0) is 25.5 Å². The number of carbonyl (C=O) groups is 1. The molecule has 1 heterocycles. The average Bonchev–Trinajstić information content (AvgIpc) is 2.88. The van der Waals surface area contributed by atoms with Crippen LogP contribution in [0.5, 0.6) is 0 Å². The maximum Gasteiger partial charge on any atom is 0.271 e. The van der Waals surface area contributed by atoms with Gasteiger partial charge in [0.1, 0.15) is 10.7 Å². The van der Waals surface area contributed by atoms with E-state index in [2.05, 4.69) is 26.2 Å². The lowest BCUT2D eigenvalue weighted by Crippen LogP contribution is -2.27. The number of nitrogens with one attached hydrogen (secondary N) is 1. The van der Waals surface area contributed by atoms with Crippen molar-refractivity contribution in [3.8, 4) is 0 Å². The van der Waals surface area contributed by atoms with E-state index in [1.807, 2.05) is 38.1 Å². The summed E-state index contributed by atoms with van der Waals surface area (Å²) in [5.74, 6) is -0.184. The summed E-state index contributed by atoms with van der Waals surface area (Å²) < 4.78 is 0.974. The Morgan fingerprint density at radius 1 is 1.40 bits per heavy atom. The Labute approximate surface area is 130 Å². The molecule has 0 aliphatic rings. The average molecular weight is 354 g/mol. The second-order valence-corrected chi connectivity index (χ2v) is 6.32. The third-order valence-corrected chi connectivity index (χ3v) is 4.63. The minimum absolute atomic E-state index is 0.0986. The Morgan fingerprint density at radius 2 is 2.10 bits per heavy atom. The van der Waals surface area contributed by atoms with Gasteiger partial charge in [-0.1, -0.05) is 34.1 Å². The Kier molecular flexibility index (Phi) is 4.91. The number of benzene rings is 1. The molecule has 2 rings (SSSR count). The topological polar surface area (TPSA) is 68.0 Å². The molecule has 1 aromatic heterocycles. The first-order valence-corrected chi connectivity index (χ1v) is 7.92. The van der Waals surface area contributed by atoms with Gasteiger partial charge in [0.2, 0.25) is 0 Å². The monoisotopic (exact) mass is 353 g/mol. The van der Waals surface area contributed by atoms with E-state index in [1.165, 1.54) is 11.3 Å². The van der Waals surface area contributed by atoms with E-state index < -0.39 is 0 Å². The first kappa shape index (κ1) is 15.2. The lowest BCUT2D eigenvalue weighted by molar-refractivity contribution is 0.0935. The molecule has 4 nitrogen and oxygen atoms in total. The molecular formula is C14H16BrN3OS. The minimum Gasteiger partial charge on any atom is -0.344 e. The van der Waals surface area contributed by atoms with Crippen molar-refractivity contribution >= 4 is 33.2 Å². The fraction of sp³-hybridized carbons (Fsp3) is 0.286. The minimum atomic E-state index is -0.184. The van der Waals surface area contributed by atoms with Crippen LogP contribution in [0.25, 0.3) is 0 Å².